The lowest BCUT2D eigenvalue weighted by Crippen LogP contribution is -2.15. The second kappa shape index (κ2) is 6.52. The van der Waals surface area contributed by atoms with E-state index in [0.717, 1.165) is 12.1 Å². The first kappa shape index (κ1) is 16.9. The smallest absolute Gasteiger partial charge is 0.263 e. The Kier molecular flexibility index (Phi) is 4.41. The van der Waals surface area contributed by atoms with E-state index in [1.807, 2.05) is 0 Å². The molecular formula is C16H15FN4O3S. The first-order chi connectivity index (χ1) is 11.8. The van der Waals surface area contributed by atoms with Crippen LogP contribution in [-0.4, -0.2) is 18.6 Å². The van der Waals surface area contributed by atoms with Crippen LogP contribution in [0, 0.1) is 19.7 Å². The third kappa shape index (κ3) is 3.94. The number of aromatic nitrogens is 2. The summed E-state index contributed by atoms with van der Waals surface area (Å²) in [5.41, 5.74) is 0.932. The second-order valence-electron chi connectivity index (χ2n) is 5.40. The number of hydrogen-bond donors (Lipinski definition) is 2. The molecule has 0 amide bonds. The van der Waals surface area contributed by atoms with Crippen LogP contribution in [0.1, 0.15) is 11.3 Å². The van der Waals surface area contributed by atoms with Gasteiger partial charge in [-0.2, -0.15) is 0 Å². The molecule has 3 rings (SSSR count). The molecule has 0 unspecified atom stereocenters. The van der Waals surface area contributed by atoms with Crippen LogP contribution in [0.2, 0.25) is 0 Å². The summed E-state index contributed by atoms with van der Waals surface area (Å²) in [5, 5.41) is 6.77. The highest BCUT2D eigenvalue weighted by molar-refractivity contribution is 7.92. The molecule has 130 valence electrons. The summed E-state index contributed by atoms with van der Waals surface area (Å²) in [4.78, 5) is 4.05. The highest BCUT2D eigenvalue weighted by Crippen LogP contribution is 2.21. The molecule has 2 aromatic heterocycles. The van der Waals surface area contributed by atoms with Gasteiger partial charge in [0.15, 0.2) is 5.82 Å². The van der Waals surface area contributed by atoms with Crippen LogP contribution >= 0.6 is 0 Å². The molecule has 0 atom stereocenters. The van der Waals surface area contributed by atoms with Crippen molar-refractivity contribution in [3.63, 3.8) is 0 Å². The van der Waals surface area contributed by atoms with E-state index in [1.165, 1.54) is 25.3 Å². The van der Waals surface area contributed by atoms with Crippen LogP contribution < -0.4 is 10.0 Å². The average molecular weight is 362 g/mol. The molecule has 0 bridgehead atoms. The zero-order valence-corrected chi connectivity index (χ0v) is 14.3. The van der Waals surface area contributed by atoms with Gasteiger partial charge in [0.1, 0.15) is 17.4 Å². The molecule has 0 radical (unpaired) electrons. The summed E-state index contributed by atoms with van der Waals surface area (Å²) >= 11 is 0. The SMILES string of the molecule is Cc1cc(Nc2ccc(NS(=O)(=O)c3ccc(F)cc3C)nc2)no1. The Bertz CT molecular complexity index is 1000. The number of pyridine rings is 1. The van der Waals surface area contributed by atoms with Gasteiger partial charge in [-0.15, -0.1) is 0 Å². The average Bonchev–Trinajstić information content (AvgIpc) is 2.93. The van der Waals surface area contributed by atoms with Crippen molar-refractivity contribution < 1.29 is 17.3 Å². The van der Waals surface area contributed by atoms with Crippen molar-refractivity contribution in [3.8, 4) is 0 Å². The number of anilines is 3. The zero-order valence-electron chi connectivity index (χ0n) is 13.4. The van der Waals surface area contributed by atoms with Gasteiger partial charge in [-0.25, -0.2) is 17.8 Å². The molecule has 3 aromatic rings. The molecule has 0 aliphatic rings. The molecular weight excluding hydrogens is 347 g/mol. The quantitative estimate of drug-likeness (QED) is 0.722. The van der Waals surface area contributed by atoms with Crippen molar-refractivity contribution in [3.05, 3.63) is 59.7 Å². The van der Waals surface area contributed by atoms with Crippen LogP contribution in [0.4, 0.5) is 21.7 Å². The molecule has 0 spiro atoms. The van der Waals surface area contributed by atoms with Gasteiger partial charge in [0, 0.05) is 6.07 Å². The Morgan fingerprint density at radius 1 is 1.08 bits per heavy atom. The Morgan fingerprint density at radius 3 is 2.48 bits per heavy atom. The van der Waals surface area contributed by atoms with E-state index in [1.54, 1.807) is 19.1 Å². The van der Waals surface area contributed by atoms with Crippen LogP contribution in [0.5, 0.6) is 0 Å². The Balaban J connectivity index is 1.76. The molecule has 0 saturated heterocycles. The molecule has 1 aromatic carbocycles. The minimum absolute atomic E-state index is 0.00373. The van der Waals surface area contributed by atoms with Gasteiger partial charge in [-0.05, 0) is 49.7 Å². The number of rotatable bonds is 5. The number of halogens is 1. The maximum absolute atomic E-state index is 13.1. The highest BCUT2D eigenvalue weighted by Gasteiger charge is 2.18. The predicted octanol–water partition coefficient (Wildman–Crippen LogP) is 3.37. The van der Waals surface area contributed by atoms with E-state index < -0.39 is 15.8 Å². The van der Waals surface area contributed by atoms with Gasteiger partial charge in [-0.3, -0.25) is 4.72 Å². The van der Waals surface area contributed by atoms with Crippen molar-refractivity contribution in [1.82, 2.24) is 10.1 Å². The Morgan fingerprint density at radius 2 is 1.88 bits per heavy atom. The van der Waals surface area contributed by atoms with Gasteiger partial charge in [0.2, 0.25) is 0 Å². The third-order valence-electron chi connectivity index (χ3n) is 3.33. The maximum Gasteiger partial charge on any atom is 0.263 e. The largest absolute Gasteiger partial charge is 0.360 e. The lowest BCUT2D eigenvalue weighted by molar-refractivity contribution is 0.400. The highest BCUT2D eigenvalue weighted by atomic mass is 32.2. The summed E-state index contributed by atoms with van der Waals surface area (Å²) in [6.07, 6.45) is 1.46. The Labute approximate surface area is 143 Å². The van der Waals surface area contributed by atoms with Gasteiger partial charge in [0.05, 0.1) is 16.8 Å². The number of aryl methyl sites for hydroxylation is 2. The van der Waals surface area contributed by atoms with Crippen LogP contribution in [0.25, 0.3) is 0 Å². The Hall–Kier alpha value is -2.94. The fourth-order valence-corrected chi connectivity index (χ4v) is 3.44. The summed E-state index contributed by atoms with van der Waals surface area (Å²) < 4.78 is 45.3. The van der Waals surface area contributed by atoms with Crippen LogP contribution in [0.3, 0.4) is 0 Å². The van der Waals surface area contributed by atoms with E-state index in [4.69, 9.17) is 4.52 Å². The zero-order chi connectivity index (χ0) is 18.0. The van der Waals surface area contributed by atoms with Gasteiger partial charge < -0.3 is 9.84 Å². The summed E-state index contributed by atoms with van der Waals surface area (Å²) in [6, 6.07) is 8.35. The fourth-order valence-electron chi connectivity index (χ4n) is 2.21. The van der Waals surface area contributed by atoms with E-state index in [2.05, 4.69) is 20.2 Å². The first-order valence-electron chi connectivity index (χ1n) is 7.29. The number of benzene rings is 1. The summed E-state index contributed by atoms with van der Waals surface area (Å²) in [6.45, 7) is 3.30. The summed E-state index contributed by atoms with van der Waals surface area (Å²) in [5.74, 6) is 0.836. The molecule has 9 heteroatoms. The molecule has 0 aliphatic heterocycles. The molecule has 25 heavy (non-hydrogen) atoms. The molecule has 7 nitrogen and oxygen atoms in total. The predicted molar refractivity (Wildman–Crippen MR) is 90.7 cm³/mol. The van der Waals surface area contributed by atoms with Gasteiger partial charge in [-0.1, -0.05) is 5.16 Å². The molecule has 2 N–H and O–H groups in total. The lowest BCUT2D eigenvalue weighted by atomic mass is 10.2. The standard InChI is InChI=1S/C16H15FN4O3S/c1-10-7-12(17)3-5-14(10)25(22,23)21-15-6-4-13(9-18-15)19-16-8-11(2)24-20-16/h3-9H,1-2H3,(H,18,21)(H,19,20). The lowest BCUT2D eigenvalue weighted by Gasteiger charge is -2.10. The minimum atomic E-state index is -3.86. The minimum Gasteiger partial charge on any atom is -0.360 e. The maximum atomic E-state index is 13.1. The van der Waals surface area contributed by atoms with E-state index in [0.29, 0.717) is 22.8 Å². The molecule has 0 saturated carbocycles. The molecule has 0 aliphatic carbocycles. The monoisotopic (exact) mass is 362 g/mol. The van der Waals surface area contributed by atoms with Crippen molar-refractivity contribution >= 4 is 27.3 Å². The van der Waals surface area contributed by atoms with E-state index >= 15 is 0 Å². The van der Waals surface area contributed by atoms with Crippen molar-refractivity contribution in [2.75, 3.05) is 10.0 Å². The van der Waals surface area contributed by atoms with Gasteiger partial charge >= 0.3 is 0 Å². The van der Waals surface area contributed by atoms with Gasteiger partial charge in [0.25, 0.3) is 10.0 Å². The van der Waals surface area contributed by atoms with Crippen LogP contribution in [-0.2, 0) is 10.0 Å². The topological polar surface area (TPSA) is 97.1 Å². The van der Waals surface area contributed by atoms with E-state index in [9.17, 15) is 12.8 Å². The summed E-state index contributed by atoms with van der Waals surface area (Å²) in [7, 11) is -3.86. The van der Waals surface area contributed by atoms with Crippen molar-refractivity contribution in [2.24, 2.45) is 0 Å². The van der Waals surface area contributed by atoms with Crippen molar-refractivity contribution in [2.45, 2.75) is 18.7 Å². The first-order valence-corrected chi connectivity index (χ1v) is 8.77. The number of nitrogens with one attached hydrogen (secondary N) is 2. The van der Waals surface area contributed by atoms with Crippen LogP contribution in [0.15, 0.2) is 52.0 Å². The third-order valence-corrected chi connectivity index (χ3v) is 4.84. The number of nitrogens with zero attached hydrogens (tertiary/aromatic N) is 2. The van der Waals surface area contributed by atoms with Crippen molar-refractivity contribution in [1.29, 1.82) is 0 Å². The van der Waals surface area contributed by atoms with E-state index in [-0.39, 0.29) is 10.7 Å². The normalized spacial score (nSPS) is 11.3. The molecule has 2 heterocycles. The molecule has 0 fully saturated rings. The number of sulfonamides is 1. The second-order valence-corrected chi connectivity index (χ2v) is 7.05. The number of hydrogen-bond acceptors (Lipinski definition) is 6. The fraction of sp³-hybridized carbons (Fsp3) is 0.125.